The summed E-state index contributed by atoms with van der Waals surface area (Å²) in [4.78, 5) is 5.40. The summed E-state index contributed by atoms with van der Waals surface area (Å²) in [6.07, 6.45) is 0. The Morgan fingerprint density at radius 1 is 1.42 bits per heavy atom. The summed E-state index contributed by atoms with van der Waals surface area (Å²) in [5.41, 5.74) is 0. The summed E-state index contributed by atoms with van der Waals surface area (Å²) >= 11 is 5.16. The van der Waals surface area contributed by atoms with Gasteiger partial charge in [0.05, 0.1) is 12.4 Å². The topological polar surface area (TPSA) is 60.2 Å². The Morgan fingerprint density at radius 3 is 3.05 bits per heavy atom. The first-order valence-corrected chi connectivity index (χ1v) is 7.50. The van der Waals surface area contributed by atoms with E-state index in [4.69, 9.17) is 9.26 Å². The van der Waals surface area contributed by atoms with Crippen LogP contribution in [0.4, 0.5) is 6.01 Å². The molecule has 102 valence electrons. The van der Waals surface area contributed by atoms with E-state index in [2.05, 4.69) is 31.4 Å². The lowest BCUT2D eigenvalue weighted by Crippen LogP contribution is -2.07. The molecule has 0 unspecified atom stereocenters. The van der Waals surface area contributed by atoms with Crippen LogP contribution < -0.4 is 5.32 Å². The molecule has 0 bridgehead atoms. The second kappa shape index (κ2) is 7.52. The number of halogens is 1. The molecular formula is C12H14BrN3O2S. The van der Waals surface area contributed by atoms with Crippen molar-refractivity contribution in [3.8, 4) is 0 Å². The van der Waals surface area contributed by atoms with Crippen LogP contribution >= 0.6 is 27.7 Å². The second-order valence-electron chi connectivity index (χ2n) is 3.65. The fourth-order valence-corrected chi connectivity index (χ4v) is 2.76. The van der Waals surface area contributed by atoms with Crippen molar-refractivity contribution in [2.24, 2.45) is 0 Å². The van der Waals surface area contributed by atoms with Crippen molar-refractivity contribution >= 4 is 33.7 Å². The molecule has 1 aromatic heterocycles. The predicted molar refractivity (Wildman–Crippen MR) is 78.4 cm³/mol. The van der Waals surface area contributed by atoms with Crippen LogP contribution in [-0.2, 0) is 10.5 Å². The number of nitrogens with zero attached hydrogens (tertiary/aromatic N) is 2. The summed E-state index contributed by atoms with van der Waals surface area (Å²) in [5.74, 6) is 1.33. The highest BCUT2D eigenvalue weighted by atomic mass is 79.9. The van der Waals surface area contributed by atoms with Crippen molar-refractivity contribution < 1.29 is 9.26 Å². The fourth-order valence-electron chi connectivity index (χ4n) is 1.35. The van der Waals surface area contributed by atoms with Crippen LogP contribution in [0.3, 0.4) is 0 Å². The Bertz CT molecular complexity index is 521. The van der Waals surface area contributed by atoms with Gasteiger partial charge in [0.2, 0.25) is 0 Å². The van der Waals surface area contributed by atoms with Gasteiger partial charge in [0.15, 0.2) is 5.82 Å². The largest absolute Gasteiger partial charge is 0.383 e. The number of thioether (sulfide) groups is 1. The summed E-state index contributed by atoms with van der Waals surface area (Å²) in [6, 6.07) is 8.48. The Kier molecular flexibility index (Phi) is 5.68. The molecule has 0 atom stereocenters. The van der Waals surface area contributed by atoms with E-state index in [0.29, 0.717) is 30.7 Å². The van der Waals surface area contributed by atoms with Crippen molar-refractivity contribution in [1.82, 2.24) is 10.1 Å². The lowest BCUT2D eigenvalue weighted by atomic mass is 10.4. The van der Waals surface area contributed by atoms with Gasteiger partial charge in [-0.2, -0.15) is 4.98 Å². The smallest absolute Gasteiger partial charge is 0.321 e. The summed E-state index contributed by atoms with van der Waals surface area (Å²) in [6.45, 7) is 1.25. The van der Waals surface area contributed by atoms with Crippen molar-refractivity contribution in [3.05, 3.63) is 34.6 Å². The zero-order valence-corrected chi connectivity index (χ0v) is 12.8. The quantitative estimate of drug-likeness (QED) is 0.615. The average Bonchev–Trinajstić information content (AvgIpc) is 2.86. The SMILES string of the molecule is COCCNc1nc(CSc2ccccc2Br)no1. The fraction of sp³-hybridized carbons (Fsp3) is 0.333. The Morgan fingerprint density at radius 2 is 2.26 bits per heavy atom. The molecular weight excluding hydrogens is 330 g/mol. The van der Waals surface area contributed by atoms with E-state index in [1.165, 1.54) is 0 Å². The van der Waals surface area contributed by atoms with Gasteiger partial charge in [-0.15, -0.1) is 11.8 Å². The molecule has 1 N–H and O–H groups in total. The molecule has 2 rings (SSSR count). The van der Waals surface area contributed by atoms with Crippen LogP contribution in [0.15, 0.2) is 38.2 Å². The lowest BCUT2D eigenvalue weighted by Gasteiger charge is -2.00. The summed E-state index contributed by atoms with van der Waals surface area (Å²) in [5, 5.41) is 6.91. The first kappa shape index (κ1) is 14.4. The molecule has 1 heterocycles. The van der Waals surface area contributed by atoms with Gasteiger partial charge in [-0.25, -0.2) is 0 Å². The third kappa shape index (κ3) is 4.52. The van der Waals surface area contributed by atoms with Crippen LogP contribution in [0.5, 0.6) is 0 Å². The van der Waals surface area contributed by atoms with Gasteiger partial charge in [0.25, 0.3) is 0 Å². The van der Waals surface area contributed by atoms with E-state index in [1.807, 2.05) is 24.3 Å². The van der Waals surface area contributed by atoms with E-state index in [0.717, 1.165) is 9.37 Å². The molecule has 2 aromatic rings. The highest BCUT2D eigenvalue weighted by molar-refractivity contribution is 9.10. The minimum atomic E-state index is 0.430. The number of anilines is 1. The highest BCUT2D eigenvalue weighted by Crippen LogP contribution is 2.29. The predicted octanol–water partition coefficient (Wildman–Crippen LogP) is 3.18. The highest BCUT2D eigenvalue weighted by Gasteiger charge is 2.07. The molecule has 1 aromatic carbocycles. The van der Waals surface area contributed by atoms with Gasteiger partial charge in [0, 0.05) is 23.0 Å². The van der Waals surface area contributed by atoms with Gasteiger partial charge < -0.3 is 14.6 Å². The molecule has 19 heavy (non-hydrogen) atoms. The van der Waals surface area contributed by atoms with Crippen molar-refractivity contribution in [2.45, 2.75) is 10.6 Å². The van der Waals surface area contributed by atoms with Crippen molar-refractivity contribution in [1.29, 1.82) is 0 Å². The Hall–Kier alpha value is -1.05. The number of hydrogen-bond donors (Lipinski definition) is 1. The molecule has 0 aliphatic carbocycles. The maximum absolute atomic E-state index is 5.08. The number of aromatic nitrogens is 2. The maximum Gasteiger partial charge on any atom is 0.321 e. The van der Waals surface area contributed by atoms with Gasteiger partial charge >= 0.3 is 6.01 Å². The number of nitrogens with one attached hydrogen (secondary N) is 1. The molecule has 0 aliphatic heterocycles. The van der Waals surface area contributed by atoms with Gasteiger partial charge in [-0.05, 0) is 28.1 Å². The van der Waals surface area contributed by atoms with Crippen LogP contribution in [0, 0.1) is 0 Å². The monoisotopic (exact) mass is 343 g/mol. The molecule has 0 fully saturated rings. The molecule has 7 heteroatoms. The minimum Gasteiger partial charge on any atom is -0.383 e. The van der Waals surface area contributed by atoms with E-state index in [9.17, 15) is 0 Å². The lowest BCUT2D eigenvalue weighted by molar-refractivity contribution is 0.210. The van der Waals surface area contributed by atoms with Crippen molar-refractivity contribution in [3.63, 3.8) is 0 Å². The zero-order valence-electron chi connectivity index (χ0n) is 10.4. The molecule has 0 radical (unpaired) electrons. The molecule has 0 saturated carbocycles. The molecule has 0 spiro atoms. The first-order valence-electron chi connectivity index (χ1n) is 5.72. The first-order chi connectivity index (χ1) is 9.29. The van der Waals surface area contributed by atoms with E-state index in [1.54, 1.807) is 18.9 Å². The van der Waals surface area contributed by atoms with Crippen LogP contribution in [0.2, 0.25) is 0 Å². The van der Waals surface area contributed by atoms with E-state index < -0.39 is 0 Å². The number of benzene rings is 1. The average molecular weight is 344 g/mol. The van der Waals surface area contributed by atoms with E-state index >= 15 is 0 Å². The third-order valence-corrected chi connectivity index (χ3v) is 4.27. The molecule has 0 aliphatic rings. The molecule has 0 amide bonds. The normalized spacial score (nSPS) is 10.6. The minimum absolute atomic E-state index is 0.430. The van der Waals surface area contributed by atoms with Gasteiger partial charge in [-0.1, -0.05) is 17.3 Å². The van der Waals surface area contributed by atoms with Crippen molar-refractivity contribution in [2.75, 3.05) is 25.6 Å². The number of methoxy groups -OCH3 is 1. The standard InChI is InChI=1S/C12H14BrN3O2S/c1-17-7-6-14-12-15-11(16-18-12)8-19-10-5-3-2-4-9(10)13/h2-5H,6-8H2,1H3,(H,14,15,16). The summed E-state index contributed by atoms with van der Waals surface area (Å²) in [7, 11) is 1.65. The second-order valence-corrected chi connectivity index (χ2v) is 5.53. The molecule has 0 saturated heterocycles. The Balaban J connectivity index is 1.85. The maximum atomic E-state index is 5.08. The number of hydrogen-bond acceptors (Lipinski definition) is 6. The van der Waals surface area contributed by atoms with Gasteiger partial charge in [0.1, 0.15) is 0 Å². The third-order valence-electron chi connectivity index (χ3n) is 2.24. The number of ether oxygens (including phenoxy) is 1. The molecule has 5 nitrogen and oxygen atoms in total. The zero-order chi connectivity index (χ0) is 13.5. The van der Waals surface area contributed by atoms with Crippen LogP contribution in [0.1, 0.15) is 5.82 Å². The van der Waals surface area contributed by atoms with E-state index in [-0.39, 0.29) is 0 Å². The van der Waals surface area contributed by atoms with Crippen LogP contribution in [-0.4, -0.2) is 30.4 Å². The summed E-state index contributed by atoms with van der Waals surface area (Å²) < 4.78 is 11.1. The van der Waals surface area contributed by atoms with Gasteiger partial charge in [-0.3, -0.25) is 0 Å². The number of rotatable bonds is 7. The van der Waals surface area contributed by atoms with Crippen LogP contribution in [0.25, 0.3) is 0 Å². The Labute approximate surface area is 124 Å².